The molecule has 0 N–H and O–H groups in total. The normalized spacial score (nSPS) is 16.5. The monoisotopic (exact) mass is 434 g/mol. The first kappa shape index (κ1) is 22.2. The number of hydrogen-bond donors (Lipinski definition) is 0. The molecule has 3 aromatic rings. The fourth-order valence-corrected chi connectivity index (χ4v) is 4.56. The number of imidazole rings is 1. The lowest BCUT2D eigenvalue weighted by Crippen LogP contribution is -2.41. The average molecular weight is 435 g/mol. The summed E-state index contributed by atoms with van der Waals surface area (Å²) in [6.45, 7) is 8.00. The van der Waals surface area contributed by atoms with Crippen molar-refractivity contribution in [3.05, 3.63) is 82.9 Å². The van der Waals surface area contributed by atoms with Gasteiger partial charge in [-0.3, -0.25) is 9.78 Å². The Hall–Kier alpha value is -3.02. The van der Waals surface area contributed by atoms with Crippen LogP contribution in [0.15, 0.2) is 48.8 Å². The zero-order valence-electron chi connectivity index (χ0n) is 19.1. The van der Waals surface area contributed by atoms with Gasteiger partial charge in [-0.15, -0.1) is 0 Å². The summed E-state index contributed by atoms with van der Waals surface area (Å²) in [6.07, 6.45) is 6.39. The molecule has 5 nitrogen and oxygen atoms in total. The molecule has 1 aromatic carbocycles. The minimum absolute atomic E-state index is 0.133. The van der Waals surface area contributed by atoms with E-state index in [1.165, 1.54) is 17.7 Å². The largest absolute Gasteiger partial charge is 0.340 e. The summed E-state index contributed by atoms with van der Waals surface area (Å²) in [7, 11) is 0. The van der Waals surface area contributed by atoms with Gasteiger partial charge < -0.3 is 9.47 Å². The van der Waals surface area contributed by atoms with Gasteiger partial charge in [-0.1, -0.05) is 26.0 Å². The molecule has 1 aliphatic rings. The summed E-state index contributed by atoms with van der Waals surface area (Å²) < 4.78 is 15.2. The van der Waals surface area contributed by atoms with Gasteiger partial charge in [0.15, 0.2) is 0 Å². The van der Waals surface area contributed by atoms with Crippen molar-refractivity contribution in [2.75, 3.05) is 13.1 Å². The number of nitrogens with zero attached hydrogens (tertiary/aromatic N) is 4. The average Bonchev–Trinajstić information content (AvgIpc) is 3.23. The van der Waals surface area contributed by atoms with Gasteiger partial charge in [0, 0.05) is 48.7 Å². The molecule has 6 heteroatoms. The number of halogens is 1. The van der Waals surface area contributed by atoms with Gasteiger partial charge in [-0.2, -0.15) is 0 Å². The maximum Gasteiger partial charge on any atom is 0.242 e. The van der Waals surface area contributed by atoms with E-state index in [0.29, 0.717) is 13.1 Å². The fraction of sp³-hybridized carbons (Fsp3) is 0.423. The predicted molar refractivity (Wildman–Crippen MR) is 123 cm³/mol. The molecular formula is C26H31FN4O. The van der Waals surface area contributed by atoms with Crippen LogP contribution in [0.25, 0.3) is 0 Å². The van der Waals surface area contributed by atoms with Gasteiger partial charge in [0.25, 0.3) is 0 Å². The summed E-state index contributed by atoms with van der Waals surface area (Å²) in [4.78, 5) is 24.2. The number of carbonyl (C=O) groups excluding carboxylic acids is 1. The summed E-state index contributed by atoms with van der Waals surface area (Å²) >= 11 is 0. The third kappa shape index (κ3) is 5.23. The van der Waals surface area contributed by atoms with Crippen LogP contribution < -0.4 is 0 Å². The standard InChI is InChI=1S/C26H31FN4O/c1-18(2)26-28-10-12-31(26)17-25(32)30-11-4-5-22(16-30)24-15-21(13-19(3)29-24)14-20-6-8-23(27)9-7-20/h6-10,12-13,15,18,22H,4-5,11,14,16-17H2,1-3H3/t22-/m0/s1. The molecule has 1 aliphatic heterocycles. The van der Waals surface area contributed by atoms with Gasteiger partial charge in [0.05, 0.1) is 0 Å². The number of likely N-dealkylation sites (tertiary alicyclic amines) is 1. The van der Waals surface area contributed by atoms with Crippen LogP contribution in [0.4, 0.5) is 4.39 Å². The van der Waals surface area contributed by atoms with E-state index in [1.54, 1.807) is 6.20 Å². The van der Waals surface area contributed by atoms with E-state index in [4.69, 9.17) is 4.98 Å². The Balaban J connectivity index is 1.46. The smallest absolute Gasteiger partial charge is 0.242 e. The van der Waals surface area contributed by atoms with Crippen molar-refractivity contribution in [1.82, 2.24) is 19.4 Å². The van der Waals surface area contributed by atoms with E-state index in [9.17, 15) is 9.18 Å². The zero-order valence-corrected chi connectivity index (χ0v) is 19.1. The highest BCUT2D eigenvalue weighted by Gasteiger charge is 2.26. The van der Waals surface area contributed by atoms with Crippen molar-refractivity contribution in [3.8, 4) is 0 Å². The second-order valence-electron chi connectivity index (χ2n) is 9.09. The van der Waals surface area contributed by atoms with E-state index in [2.05, 4.69) is 31.0 Å². The molecule has 0 saturated carbocycles. The molecular weight excluding hydrogens is 403 g/mol. The van der Waals surface area contributed by atoms with E-state index >= 15 is 0 Å². The van der Waals surface area contributed by atoms with E-state index in [-0.39, 0.29) is 23.6 Å². The molecule has 1 fully saturated rings. The predicted octanol–water partition coefficient (Wildman–Crippen LogP) is 4.85. The van der Waals surface area contributed by atoms with Crippen molar-refractivity contribution in [3.63, 3.8) is 0 Å². The molecule has 32 heavy (non-hydrogen) atoms. The number of benzene rings is 1. The van der Waals surface area contributed by atoms with E-state index in [1.807, 2.05) is 34.7 Å². The lowest BCUT2D eigenvalue weighted by atomic mass is 9.92. The number of aryl methyl sites for hydroxylation is 1. The summed E-state index contributed by atoms with van der Waals surface area (Å²) in [5.74, 6) is 1.37. The van der Waals surface area contributed by atoms with Crippen molar-refractivity contribution < 1.29 is 9.18 Å². The Bertz CT molecular complexity index is 1070. The molecule has 0 spiro atoms. The number of hydrogen-bond acceptors (Lipinski definition) is 3. The number of amides is 1. The van der Waals surface area contributed by atoms with Crippen LogP contribution in [0.5, 0.6) is 0 Å². The van der Waals surface area contributed by atoms with E-state index in [0.717, 1.165) is 48.6 Å². The van der Waals surface area contributed by atoms with Crippen LogP contribution in [0.1, 0.15) is 66.9 Å². The van der Waals surface area contributed by atoms with Crippen LogP contribution in [-0.4, -0.2) is 38.4 Å². The summed E-state index contributed by atoms with van der Waals surface area (Å²) in [5, 5.41) is 0. The van der Waals surface area contributed by atoms with Crippen molar-refractivity contribution in [1.29, 1.82) is 0 Å². The van der Waals surface area contributed by atoms with Gasteiger partial charge in [0.2, 0.25) is 5.91 Å². The molecule has 3 heterocycles. The Morgan fingerprint density at radius 2 is 1.97 bits per heavy atom. The minimum Gasteiger partial charge on any atom is -0.340 e. The highest BCUT2D eigenvalue weighted by atomic mass is 19.1. The second kappa shape index (κ2) is 9.63. The topological polar surface area (TPSA) is 51.0 Å². The molecule has 0 unspecified atom stereocenters. The first-order valence-corrected chi connectivity index (χ1v) is 11.4. The van der Waals surface area contributed by atoms with Crippen LogP contribution in [0, 0.1) is 12.7 Å². The zero-order chi connectivity index (χ0) is 22.7. The van der Waals surface area contributed by atoms with E-state index < -0.39 is 0 Å². The quantitative estimate of drug-likeness (QED) is 0.558. The number of pyridine rings is 1. The third-order valence-corrected chi connectivity index (χ3v) is 6.12. The highest BCUT2D eigenvalue weighted by molar-refractivity contribution is 5.76. The van der Waals surface area contributed by atoms with Crippen LogP contribution in [0.2, 0.25) is 0 Å². The molecule has 1 amide bonds. The molecule has 1 saturated heterocycles. The van der Waals surface area contributed by atoms with Crippen molar-refractivity contribution in [2.24, 2.45) is 0 Å². The molecule has 2 aromatic heterocycles. The van der Waals surface area contributed by atoms with Crippen LogP contribution in [0.3, 0.4) is 0 Å². The van der Waals surface area contributed by atoms with Crippen molar-refractivity contribution in [2.45, 2.75) is 58.4 Å². The molecule has 1 atom stereocenters. The number of carbonyl (C=O) groups is 1. The lowest BCUT2D eigenvalue weighted by molar-refractivity contribution is -0.133. The van der Waals surface area contributed by atoms with Crippen LogP contribution >= 0.6 is 0 Å². The molecule has 0 radical (unpaired) electrons. The second-order valence-corrected chi connectivity index (χ2v) is 9.09. The Morgan fingerprint density at radius 3 is 2.72 bits per heavy atom. The first-order chi connectivity index (χ1) is 15.4. The fourth-order valence-electron chi connectivity index (χ4n) is 4.56. The first-order valence-electron chi connectivity index (χ1n) is 11.4. The number of rotatable bonds is 6. The summed E-state index contributed by atoms with van der Waals surface area (Å²) in [6, 6.07) is 10.9. The SMILES string of the molecule is Cc1cc(Cc2ccc(F)cc2)cc([C@H]2CCCN(C(=O)Cn3ccnc3C(C)C)C2)n1. The molecule has 0 aliphatic carbocycles. The molecule has 168 valence electrons. The Morgan fingerprint density at radius 1 is 1.19 bits per heavy atom. The van der Waals surface area contributed by atoms with Gasteiger partial charge in [-0.05, 0) is 61.6 Å². The van der Waals surface area contributed by atoms with Crippen molar-refractivity contribution >= 4 is 5.91 Å². The lowest BCUT2D eigenvalue weighted by Gasteiger charge is -2.33. The maximum atomic E-state index is 13.2. The van der Waals surface area contributed by atoms with Gasteiger partial charge in [-0.25, -0.2) is 9.37 Å². The maximum absolute atomic E-state index is 13.2. The van der Waals surface area contributed by atoms with Gasteiger partial charge in [0.1, 0.15) is 18.2 Å². The Labute approximate surface area is 189 Å². The number of piperidine rings is 1. The van der Waals surface area contributed by atoms with Crippen LogP contribution in [-0.2, 0) is 17.8 Å². The minimum atomic E-state index is -0.219. The van der Waals surface area contributed by atoms with Gasteiger partial charge >= 0.3 is 0 Å². The molecule has 0 bridgehead atoms. The number of aromatic nitrogens is 3. The Kier molecular flexibility index (Phi) is 6.68. The third-order valence-electron chi connectivity index (χ3n) is 6.12. The highest BCUT2D eigenvalue weighted by Crippen LogP contribution is 2.27. The summed E-state index contributed by atoms with van der Waals surface area (Å²) in [5.41, 5.74) is 4.26. The molecule has 4 rings (SSSR count).